The van der Waals surface area contributed by atoms with Crippen molar-refractivity contribution < 1.29 is 36.9 Å². The molecule has 0 aliphatic rings. The minimum Gasteiger partial charge on any atom is -0.481 e. The zero-order chi connectivity index (χ0) is 9.98. The summed E-state index contributed by atoms with van der Waals surface area (Å²) in [7, 11) is 0. The maximum atomic E-state index is 9.52. The normalized spacial score (nSPS) is 7.54. The molecule has 0 heterocycles. The predicted molar refractivity (Wildman–Crippen MR) is 42.6 cm³/mol. The Labute approximate surface area is 86.8 Å². The molecule has 1 radical (unpaired) electrons. The number of rotatable bonds is 4. The van der Waals surface area contributed by atoms with E-state index in [-0.39, 0.29) is 43.0 Å². The fourth-order valence-corrected chi connectivity index (χ4v) is 0.247. The summed E-state index contributed by atoms with van der Waals surface area (Å²) in [6, 6.07) is 0. The summed E-state index contributed by atoms with van der Waals surface area (Å²) in [6.45, 7) is 0.463. The Morgan fingerprint density at radius 2 is 1.15 bits per heavy atom. The Morgan fingerprint density at radius 3 is 1.15 bits per heavy atom. The topological polar surface area (TPSA) is 127 Å². The minimum atomic E-state index is -0.836. The molecule has 0 saturated heterocycles. The van der Waals surface area contributed by atoms with Crippen LogP contribution < -0.4 is 11.5 Å². The fraction of sp³-hybridized carbons (Fsp3) is 0.667. The van der Waals surface area contributed by atoms with E-state index in [0.29, 0.717) is 0 Å². The molecule has 0 atom stereocenters. The molecular weight excluding hydrogens is 228 g/mol. The van der Waals surface area contributed by atoms with Gasteiger partial charge in [0.1, 0.15) is 0 Å². The van der Waals surface area contributed by atoms with Crippen LogP contribution in [0.15, 0.2) is 0 Å². The number of aliphatic carboxylic acids is 2. The third kappa shape index (κ3) is 34.6. The van der Waals surface area contributed by atoms with Crippen LogP contribution in [-0.4, -0.2) is 35.2 Å². The van der Waals surface area contributed by atoms with Crippen LogP contribution in [0, 0.1) is 0 Å². The van der Waals surface area contributed by atoms with Gasteiger partial charge in [0, 0.05) is 30.2 Å². The first-order valence-electron chi connectivity index (χ1n) is 3.38. The molecule has 13 heavy (non-hydrogen) atoms. The molecule has 83 valence electrons. The van der Waals surface area contributed by atoms with Crippen LogP contribution in [0.1, 0.15) is 12.8 Å². The third-order valence-corrected chi connectivity index (χ3v) is 0.716. The average molecular weight is 242 g/mol. The summed E-state index contributed by atoms with van der Waals surface area (Å²) in [5.74, 6) is -1.67. The van der Waals surface area contributed by atoms with Crippen molar-refractivity contribution in [2.45, 2.75) is 12.8 Å². The van der Waals surface area contributed by atoms with Gasteiger partial charge in [-0.2, -0.15) is 0 Å². The second kappa shape index (κ2) is 13.9. The smallest absolute Gasteiger partial charge is 0.304 e. The molecule has 0 bridgehead atoms. The first kappa shape index (κ1) is 18.2. The minimum absolute atomic E-state index is 0. The third-order valence-electron chi connectivity index (χ3n) is 0.716. The first-order chi connectivity index (χ1) is 5.54. The van der Waals surface area contributed by atoms with Gasteiger partial charge < -0.3 is 21.7 Å². The van der Waals surface area contributed by atoms with Gasteiger partial charge in [-0.1, -0.05) is 0 Å². The molecule has 0 aromatic carbocycles. The molecule has 0 aromatic rings. The van der Waals surface area contributed by atoms with Crippen LogP contribution in [0.5, 0.6) is 0 Å². The van der Waals surface area contributed by atoms with Crippen molar-refractivity contribution >= 4 is 11.9 Å². The van der Waals surface area contributed by atoms with Gasteiger partial charge in [0.15, 0.2) is 0 Å². The first-order valence-corrected chi connectivity index (χ1v) is 3.38. The Morgan fingerprint density at radius 1 is 0.923 bits per heavy atom. The van der Waals surface area contributed by atoms with Crippen molar-refractivity contribution in [3.05, 3.63) is 0 Å². The number of hydrogen-bond donors (Lipinski definition) is 4. The van der Waals surface area contributed by atoms with E-state index in [0.717, 1.165) is 0 Å². The molecule has 0 spiro atoms. The molecule has 7 heteroatoms. The van der Waals surface area contributed by atoms with Crippen molar-refractivity contribution in [1.29, 1.82) is 0 Å². The van der Waals surface area contributed by atoms with Crippen molar-refractivity contribution in [3.8, 4) is 0 Å². The average Bonchev–Trinajstić information content (AvgIpc) is 1.87. The van der Waals surface area contributed by atoms with Gasteiger partial charge in [0.05, 0.1) is 12.8 Å². The zero-order valence-corrected chi connectivity index (χ0v) is 7.94. The van der Waals surface area contributed by atoms with Crippen molar-refractivity contribution in [1.82, 2.24) is 0 Å². The Bertz CT molecular complexity index is 127. The van der Waals surface area contributed by atoms with Gasteiger partial charge in [-0.25, -0.2) is 0 Å². The van der Waals surface area contributed by atoms with E-state index in [4.69, 9.17) is 21.7 Å². The maximum absolute atomic E-state index is 9.52. The molecule has 0 unspecified atom stereocenters. The van der Waals surface area contributed by atoms with Crippen LogP contribution in [0.3, 0.4) is 0 Å². The monoisotopic (exact) mass is 241 g/mol. The summed E-state index contributed by atoms with van der Waals surface area (Å²) in [5.41, 5.74) is 9.70. The molecule has 0 amide bonds. The van der Waals surface area contributed by atoms with E-state index in [9.17, 15) is 9.59 Å². The van der Waals surface area contributed by atoms with Crippen molar-refractivity contribution in [3.63, 3.8) is 0 Å². The molecule has 6 nitrogen and oxygen atoms in total. The number of carbonyl (C=O) groups is 2. The Balaban J connectivity index is -0.000000143. The van der Waals surface area contributed by atoms with Gasteiger partial charge in [-0.3, -0.25) is 9.59 Å². The number of hydrogen-bond acceptors (Lipinski definition) is 4. The van der Waals surface area contributed by atoms with Crippen molar-refractivity contribution in [2.75, 3.05) is 13.1 Å². The van der Waals surface area contributed by atoms with E-state index in [2.05, 4.69) is 0 Å². The van der Waals surface area contributed by atoms with E-state index < -0.39 is 11.9 Å². The molecule has 6 N–H and O–H groups in total. The summed E-state index contributed by atoms with van der Waals surface area (Å²) in [6.07, 6.45) is 0.139. The largest absolute Gasteiger partial charge is 0.481 e. The number of carboxylic acids is 2. The van der Waals surface area contributed by atoms with Crippen LogP contribution in [0.2, 0.25) is 0 Å². The molecule has 0 rings (SSSR count). The Hall–Kier alpha value is -0.621. The van der Waals surface area contributed by atoms with E-state index in [1.807, 2.05) is 0 Å². The molecule has 0 aliphatic heterocycles. The van der Waals surface area contributed by atoms with Gasteiger partial charge in [0.2, 0.25) is 0 Å². The standard InChI is InChI=1S/2C3H7NO2.Cu/c2*4-2-1-3(5)6;/h2*1-2,4H2,(H,5,6);. The molecule has 0 aromatic heterocycles. The van der Waals surface area contributed by atoms with Gasteiger partial charge in [0.25, 0.3) is 0 Å². The molecule has 0 aliphatic carbocycles. The van der Waals surface area contributed by atoms with E-state index in [1.165, 1.54) is 0 Å². The summed E-state index contributed by atoms with van der Waals surface area (Å²) in [5, 5.41) is 15.7. The SMILES string of the molecule is NCCC(=O)O.NCCC(=O)O.[Cu]. The number of carboxylic acid groups (broad SMARTS) is 2. The summed E-state index contributed by atoms with van der Waals surface area (Å²) >= 11 is 0. The van der Waals surface area contributed by atoms with Crippen LogP contribution >= 0.6 is 0 Å². The van der Waals surface area contributed by atoms with E-state index in [1.54, 1.807) is 0 Å². The van der Waals surface area contributed by atoms with Crippen LogP contribution in [0.4, 0.5) is 0 Å². The van der Waals surface area contributed by atoms with Crippen LogP contribution in [-0.2, 0) is 26.7 Å². The van der Waals surface area contributed by atoms with Gasteiger partial charge in [-0.15, -0.1) is 0 Å². The summed E-state index contributed by atoms with van der Waals surface area (Å²) < 4.78 is 0. The summed E-state index contributed by atoms with van der Waals surface area (Å²) in [4.78, 5) is 19.0. The van der Waals surface area contributed by atoms with Crippen molar-refractivity contribution in [2.24, 2.45) is 11.5 Å². The van der Waals surface area contributed by atoms with Gasteiger partial charge >= 0.3 is 11.9 Å². The number of nitrogens with two attached hydrogens (primary N) is 2. The zero-order valence-electron chi connectivity index (χ0n) is 7.00. The molecule has 0 fully saturated rings. The quantitative estimate of drug-likeness (QED) is 0.460. The molecular formula is C6H14CuN2O4. The van der Waals surface area contributed by atoms with E-state index >= 15 is 0 Å². The second-order valence-corrected chi connectivity index (χ2v) is 1.86. The fourth-order valence-electron chi connectivity index (χ4n) is 0.247. The molecule has 0 saturated carbocycles. The second-order valence-electron chi connectivity index (χ2n) is 1.86. The maximum Gasteiger partial charge on any atom is 0.304 e. The predicted octanol–water partition coefficient (Wildman–Crippen LogP) is -1.16. The van der Waals surface area contributed by atoms with Crippen LogP contribution in [0.25, 0.3) is 0 Å². The van der Waals surface area contributed by atoms with Gasteiger partial charge in [-0.05, 0) is 0 Å². The Kier molecular flexibility index (Phi) is 19.5.